The second-order valence-electron chi connectivity index (χ2n) is 9.01. The summed E-state index contributed by atoms with van der Waals surface area (Å²) >= 11 is 3.96. The van der Waals surface area contributed by atoms with E-state index in [0.717, 1.165) is 30.3 Å². The van der Waals surface area contributed by atoms with Gasteiger partial charge in [-0.3, -0.25) is 0 Å². The zero-order chi connectivity index (χ0) is 21.8. The monoisotopic (exact) mass is 515 g/mol. The minimum absolute atomic E-state index is 0. The van der Waals surface area contributed by atoms with Crippen LogP contribution in [0.15, 0.2) is 77.3 Å². The number of anilines is 1. The molecule has 5 aromatic carbocycles. The Balaban J connectivity index is 0.00000228. The average molecular weight is 517 g/mol. The normalized spacial score (nSPS) is 15.5. The summed E-state index contributed by atoms with van der Waals surface area (Å²) in [5, 5.41) is 7.84. The molecule has 33 heavy (non-hydrogen) atoms. The summed E-state index contributed by atoms with van der Waals surface area (Å²) in [6.07, 6.45) is 4.49. The first kappa shape index (κ1) is 22.3. The second-order valence-corrected chi connectivity index (χ2v) is 9.87. The lowest BCUT2D eigenvalue weighted by molar-refractivity contribution is 0.621. The summed E-state index contributed by atoms with van der Waals surface area (Å²) in [5.41, 5.74) is 13.3. The number of rotatable bonds is 2. The molecule has 0 heterocycles. The Morgan fingerprint density at radius 1 is 0.848 bits per heavy atom. The second kappa shape index (κ2) is 8.66. The topological polar surface area (TPSA) is 26.0 Å². The van der Waals surface area contributed by atoms with E-state index >= 15 is 0 Å². The highest BCUT2D eigenvalue weighted by Crippen LogP contribution is 2.46. The molecule has 0 bridgehead atoms. The lowest BCUT2D eigenvalue weighted by Gasteiger charge is -2.29. The lowest BCUT2D eigenvalue weighted by Crippen LogP contribution is -2.13. The van der Waals surface area contributed by atoms with Crippen molar-refractivity contribution in [3.05, 3.63) is 99.5 Å². The van der Waals surface area contributed by atoms with Gasteiger partial charge in [0.2, 0.25) is 0 Å². The van der Waals surface area contributed by atoms with Gasteiger partial charge >= 0.3 is 0 Å². The van der Waals surface area contributed by atoms with E-state index in [4.69, 9.17) is 5.73 Å². The van der Waals surface area contributed by atoms with Crippen molar-refractivity contribution in [2.24, 2.45) is 0 Å². The molecule has 5 aromatic rings. The quantitative estimate of drug-likeness (QED) is 0.184. The fourth-order valence-electron chi connectivity index (χ4n) is 5.86. The van der Waals surface area contributed by atoms with Gasteiger partial charge in [-0.1, -0.05) is 89.6 Å². The van der Waals surface area contributed by atoms with E-state index < -0.39 is 0 Å². The Hall–Kier alpha value is -2.55. The van der Waals surface area contributed by atoms with Crippen LogP contribution < -0.4 is 5.73 Å². The Kier molecular flexibility index (Phi) is 5.84. The molecule has 166 valence electrons. The van der Waals surface area contributed by atoms with Gasteiger partial charge < -0.3 is 5.73 Å². The van der Waals surface area contributed by atoms with Crippen LogP contribution in [0, 0.1) is 0 Å². The van der Waals surface area contributed by atoms with Crippen LogP contribution in [0.4, 0.5) is 5.69 Å². The summed E-state index contributed by atoms with van der Waals surface area (Å²) < 4.78 is 1.21. The molecule has 3 heteroatoms. The van der Waals surface area contributed by atoms with Crippen molar-refractivity contribution in [2.45, 2.75) is 38.5 Å². The van der Waals surface area contributed by atoms with E-state index in [1.165, 1.54) is 60.1 Å². The van der Waals surface area contributed by atoms with E-state index in [-0.39, 0.29) is 12.4 Å². The Morgan fingerprint density at radius 2 is 1.64 bits per heavy atom. The Labute approximate surface area is 209 Å². The third-order valence-electron chi connectivity index (χ3n) is 7.40. The average Bonchev–Trinajstić information content (AvgIpc) is 2.83. The molecule has 0 aliphatic heterocycles. The number of hydrogen-bond acceptors (Lipinski definition) is 1. The van der Waals surface area contributed by atoms with Crippen molar-refractivity contribution >= 4 is 66.3 Å². The molecule has 0 amide bonds. The Morgan fingerprint density at radius 3 is 2.48 bits per heavy atom. The number of aryl methyl sites for hydroxylation is 2. The SMILES string of the molecule is CCc1cccc2c1cc(Br)c1c3c(ccc12)[C@@H](c1ccc2ccccc2c1N)CCC3.Cl. The predicted molar refractivity (Wildman–Crippen MR) is 149 cm³/mol. The summed E-state index contributed by atoms with van der Waals surface area (Å²) in [6, 6.07) is 26.7. The van der Waals surface area contributed by atoms with Crippen LogP contribution in [0.1, 0.15) is 47.9 Å². The molecule has 0 spiro atoms. The van der Waals surface area contributed by atoms with E-state index in [1.54, 1.807) is 0 Å². The zero-order valence-electron chi connectivity index (χ0n) is 18.7. The van der Waals surface area contributed by atoms with Crippen LogP contribution >= 0.6 is 28.3 Å². The summed E-state index contributed by atoms with van der Waals surface area (Å²) in [4.78, 5) is 0. The molecule has 0 aromatic heterocycles. The standard InChI is InChI=1S/C30H26BrN.ClH/c1-2-18-8-5-10-22-25-16-15-23-21(11-6-12-24(23)29(25)28(31)17-27(18)22)26-14-13-19-7-3-4-9-20(19)30(26)32;/h3-5,7-10,13-17,21H,2,6,11-12,32H2,1H3;1H/t21-;/m0./s1. The van der Waals surface area contributed by atoms with Gasteiger partial charge in [0.25, 0.3) is 0 Å². The number of fused-ring (bicyclic) bond motifs is 6. The van der Waals surface area contributed by atoms with Gasteiger partial charge in [0.05, 0.1) is 0 Å². The highest BCUT2D eigenvalue weighted by atomic mass is 79.9. The third kappa shape index (κ3) is 3.43. The zero-order valence-corrected chi connectivity index (χ0v) is 21.1. The molecule has 1 atom stereocenters. The van der Waals surface area contributed by atoms with Crippen molar-refractivity contribution in [3.8, 4) is 0 Å². The van der Waals surface area contributed by atoms with E-state index in [1.807, 2.05) is 0 Å². The molecule has 1 nitrogen and oxygen atoms in total. The molecule has 1 aliphatic carbocycles. The van der Waals surface area contributed by atoms with E-state index in [9.17, 15) is 0 Å². The van der Waals surface area contributed by atoms with Crippen LogP contribution in [-0.4, -0.2) is 0 Å². The maximum Gasteiger partial charge on any atom is 0.0432 e. The van der Waals surface area contributed by atoms with Crippen LogP contribution in [0.3, 0.4) is 0 Å². The first-order valence-electron chi connectivity index (χ1n) is 11.6. The largest absolute Gasteiger partial charge is 0.398 e. The first-order chi connectivity index (χ1) is 15.7. The highest BCUT2D eigenvalue weighted by molar-refractivity contribution is 9.10. The predicted octanol–water partition coefficient (Wildman–Crippen LogP) is 8.94. The van der Waals surface area contributed by atoms with Crippen LogP contribution in [0.5, 0.6) is 0 Å². The molecule has 2 N–H and O–H groups in total. The van der Waals surface area contributed by atoms with Crippen molar-refractivity contribution in [2.75, 3.05) is 5.73 Å². The fourth-order valence-corrected chi connectivity index (χ4v) is 6.54. The number of nitrogens with two attached hydrogens (primary N) is 1. The molecular weight excluding hydrogens is 490 g/mol. The van der Waals surface area contributed by atoms with Gasteiger partial charge in [-0.05, 0) is 80.9 Å². The molecule has 1 aliphatic rings. The Bertz CT molecular complexity index is 1520. The van der Waals surface area contributed by atoms with Gasteiger partial charge in [0, 0.05) is 21.5 Å². The maximum atomic E-state index is 6.75. The van der Waals surface area contributed by atoms with Gasteiger partial charge in [0.1, 0.15) is 0 Å². The van der Waals surface area contributed by atoms with E-state index in [2.05, 4.69) is 95.7 Å². The number of nitrogen functional groups attached to an aromatic ring is 1. The van der Waals surface area contributed by atoms with Crippen LogP contribution in [0.25, 0.3) is 32.3 Å². The number of hydrogen-bond donors (Lipinski definition) is 1. The van der Waals surface area contributed by atoms with Gasteiger partial charge in [-0.2, -0.15) is 0 Å². The summed E-state index contributed by atoms with van der Waals surface area (Å²) in [6.45, 7) is 2.23. The van der Waals surface area contributed by atoms with Crippen molar-refractivity contribution in [1.82, 2.24) is 0 Å². The lowest BCUT2D eigenvalue weighted by atomic mass is 9.76. The molecular formula is C30H27BrClN. The molecule has 6 rings (SSSR count). The maximum absolute atomic E-state index is 6.75. The van der Waals surface area contributed by atoms with Gasteiger partial charge in [-0.15, -0.1) is 12.4 Å². The van der Waals surface area contributed by atoms with E-state index in [0.29, 0.717) is 5.92 Å². The van der Waals surface area contributed by atoms with Crippen molar-refractivity contribution in [3.63, 3.8) is 0 Å². The minimum Gasteiger partial charge on any atom is -0.398 e. The van der Waals surface area contributed by atoms with Crippen molar-refractivity contribution < 1.29 is 0 Å². The number of halogens is 2. The van der Waals surface area contributed by atoms with Crippen LogP contribution in [-0.2, 0) is 12.8 Å². The minimum atomic E-state index is 0. The summed E-state index contributed by atoms with van der Waals surface area (Å²) in [7, 11) is 0. The van der Waals surface area contributed by atoms with Gasteiger partial charge in [-0.25, -0.2) is 0 Å². The molecule has 0 unspecified atom stereocenters. The third-order valence-corrected chi connectivity index (χ3v) is 8.03. The molecule has 0 fully saturated rings. The first-order valence-corrected chi connectivity index (χ1v) is 12.4. The fraction of sp³-hybridized carbons (Fsp3) is 0.200. The molecule has 0 saturated carbocycles. The molecule has 0 saturated heterocycles. The highest BCUT2D eigenvalue weighted by Gasteiger charge is 2.26. The number of benzene rings is 5. The van der Waals surface area contributed by atoms with Crippen molar-refractivity contribution in [1.29, 1.82) is 0 Å². The smallest absolute Gasteiger partial charge is 0.0432 e. The van der Waals surface area contributed by atoms with Crippen LogP contribution in [0.2, 0.25) is 0 Å². The molecule has 0 radical (unpaired) electrons. The summed E-state index contributed by atoms with van der Waals surface area (Å²) in [5.74, 6) is 0.345. The van der Waals surface area contributed by atoms with Gasteiger partial charge in [0.15, 0.2) is 0 Å².